The number of aliphatic imine (C=N–C) groups is 1. The third kappa shape index (κ3) is 3.96. The van der Waals surface area contributed by atoms with Crippen molar-refractivity contribution in [2.24, 2.45) is 12.0 Å². The van der Waals surface area contributed by atoms with Gasteiger partial charge < -0.3 is 29.6 Å². The zero-order chi connectivity index (χ0) is 22.2. The molecule has 0 aliphatic heterocycles. The average Bonchev–Trinajstić information content (AvgIpc) is 3.19. The normalized spacial score (nSPS) is 12.4. The average molecular weight is 431 g/mol. The number of rotatable bonds is 6. The molecule has 3 rings (SSSR count). The van der Waals surface area contributed by atoms with Gasteiger partial charge in [-0.15, -0.1) is 0 Å². The quantitative estimate of drug-likeness (QED) is 0.258. The first kappa shape index (κ1) is 21.6. The van der Waals surface area contributed by atoms with E-state index in [0.29, 0.717) is 23.2 Å². The smallest absolute Gasteiger partial charge is 0.222 e. The number of benzene rings is 1. The molecule has 0 aliphatic carbocycles. The Balaban J connectivity index is 2.13. The van der Waals surface area contributed by atoms with E-state index < -0.39 is 7.14 Å². The molecule has 0 amide bonds. The van der Waals surface area contributed by atoms with E-state index in [9.17, 15) is 19.9 Å². The molecule has 160 valence electrons. The highest BCUT2D eigenvalue weighted by Crippen LogP contribution is 2.48. The lowest BCUT2D eigenvalue weighted by Gasteiger charge is -2.14. The van der Waals surface area contributed by atoms with Gasteiger partial charge in [0.15, 0.2) is 5.69 Å². The van der Waals surface area contributed by atoms with Crippen LogP contribution in [0.4, 0.5) is 17.1 Å². The van der Waals surface area contributed by atoms with Crippen molar-refractivity contribution < 1.29 is 24.3 Å². The highest BCUT2D eigenvalue weighted by atomic mass is 31.2. The van der Waals surface area contributed by atoms with Crippen molar-refractivity contribution >= 4 is 35.2 Å². The Labute approximate surface area is 174 Å². The van der Waals surface area contributed by atoms with Crippen LogP contribution in [0.15, 0.2) is 39.7 Å². The minimum Gasteiger partial charge on any atom is -0.505 e. The van der Waals surface area contributed by atoms with Crippen molar-refractivity contribution in [1.29, 1.82) is 0 Å². The van der Waals surface area contributed by atoms with Crippen molar-refractivity contribution in [1.82, 2.24) is 4.57 Å². The largest absolute Gasteiger partial charge is 0.505 e. The van der Waals surface area contributed by atoms with E-state index in [-0.39, 0.29) is 34.6 Å². The summed E-state index contributed by atoms with van der Waals surface area (Å²) in [7, 11) is -1.24. The predicted octanol–water partition coefficient (Wildman–Crippen LogP) is 4.57. The monoisotopic (exact) mass is 431 g/mol. The van der Waals surface area contributed by atoms with Gasteiger partial charge in [0.25, 0.3) is 0 Å². The Kier molecular flexibility index (Phi) is 5.72. The summed E-state index contributed by atoms with van der Waals surface area (Å²) >= 11 is 0. The van der Waals surface area contributed by atoms with Gasteiger partial charge in [0, 0.05) is 7.05 Å². The molecule has 0 atom stereocenters. The standard InChI is InChI=1S/C21H26N3O5P/c1-6-13(15-11-10-12(2)29-15)22-17-18(21(27)24(3)20(17)26)23-14-8-7-9-16(19(14)25)30(4,5)28/h7-11,23,25-27H,6H2,1-5H3. The lowest BCUT2D eigenvalue weighted by atomic mass is 10.2. The number of aryl methyl sites for hydroxylation is 1. The van der Waals surface area contributed by atoms with Crippen LogP contribution in [0.1, 0.15) is 24.9 Å². The van der Waals surface area contributed by atoms with Crippen LogP contribution in [0.2, 0.25) is 0 Å². The van der Waals surface area contributed by atoms with Crippen LogP contribution in [0.25, 0.3) is 0 Å². The van der Waals surface area contributed by atoms with Crippen LogP contribution < -0.4 is 10.6 Å². The maximum absolute atomic E-state index is 12.5. The van der Waals surface area contributed by atoms with Crippen LogP contribution in [0.3, 0.4) is 0 Å². The molecule has 0 saturated heterocycles. The fraction of sp³-hybridized carbons (Fsp3) is 0.286. The number of nitrogens with zero attached hydrogens (tertiary/aromatic N) is 2. The summed E-state index contributed by atoms with van der Waals surface area (Å²) < 4.78 is 19.3. The van der Waals surface area contributed by atoms with Gasteiger partial charge in [0.1, 0.15) is 30.1 Å². The van der Waals surface area contributed by atoms with Crippen molar-refractivity contribution in [2.75, 3.05) is 18.6 Å². The number of furan rings is 1. The van der Waals surface area contributed by atoms with E-state index in [4.69, 9.17) is 4.42 Å². The van der Waals surface area contributed by atoms with E-state index in [1.807, 2.05) is 19.9 Å². The van der Waals surface area contributed by atoms with E-state index in [1.54, 1.807) is 37.6 Å². The molecule has 30 heavy (non-hydrogen) atoms. The van der Waals surface area contributed by atoms with Gasteiger partial charge in [-0.3, -0.25) is 4.57 Å². The van der Waals surface area contributed by atoms with Gasteiger partial charge in [-0.1, -0.05) is 13.0 Å². The predicted molar refractivity (Wildman–Crippen MR) is 119 cm³/mol. The van der Waals surface area contributed by atoms with Gasteiger partial charge >= 0.3 is 0 Å². The van der Waals surface area contributed by atoms with Crippen LogP contribution in [-0.2, 0) is 11.6 Å². The summed E-state index contributed by atoms with van der Waals surface area (Å²) in [5.41, 5.74) is 1.03. The molecule has 9 heteroatoms. The molecule has 2 heterocycles. The molecule has 0 aliphatic rings. The molecule has 2 aromatic heterocycles. The zero-order valence-electron chi connectivity index (χ0n) is 17.6. The molecule has 1 aromatic carbocycles. The molecule has 0 unspecified atom stereocenters. The lowest BCUT2D eigenvalue weighted by molar-refractivity contribution is 0.388. The first-order valence-corrected chi connectivity index (χ1v) is 12.0. The molecule has 0 saturated carbocycles. The summed E-state index contributed by atoms with van der Waals surface area (Å²) in [6, 6.07) is 8.45. The fourth-order valence-electron chi connectivity index (χ4n) is 3.10. The van der Waals surface area contributed by atoms with Crippen molar-refractivity contribution in [3.63, 3.8) is 0 Å². The number of para-hydroxylation sites is 1. The maximum atomic E-state index is 12.5. The second-order valence-electron chi connectivity index (χ2n) is 7.40. The number of nitrogens with one attached hydrogen (secondary N) is 1. The van der Waals surface area contributed by atoms with Crippen LogP contribution in [0.5, 0.6) is 17.5 Å². The molecule has 0 radical (unpaired) electrons. The Morgan fingerprint density at radius 1 is 1.17 bits per heavy atom. The summed E-state index contributed by atoms with van der Waals surface area (Å²) in [5.74, 6) is 0.595. The minimum absolute atomic E-state index is 0.0990. The molecular weight excluding hydrogens is 405 g/mol. The third-order valence-electron chi connectivity index (χ3n) is 4.77. The van der Waals surface area contributed by atoms with Crippen molar-refractivity contribution in [3.05, 3.63) is 41.9 Å². The lowest BCUT2D eigenvalue weighted by Crippen LogP contribution is -2.05. The van der Waals surface area contributed by atoms with E-state index in [2.05, 4.69) is 10.3 Å². The Morgan fingerprint density at radius 3 is 2.43 bits per heavy atom. The Bertz CT molecular complexity index is 1170. The molecule has 0 fully saturated rings. The molecule has 0 bridgehead atoms. The van der Waals surface area contributed by atoms with E-state index >= 15 is 0 Å². The number of phenols is 1. The number of hydrogen-bond acceptors (Lipinski definition) is 7. The van der Waals surface area contributed by atoms with Gasteiger partial charge in [-0.05, 0) is 50.9 Å². The van der Waals surface area contributed by atoms with Crippen LogP contribution in [-0.4, -0.2) is 38.9 Å². The number of aromatic hydroxyl groups is 3. The molecule has 0 spiro atoms. The maximum Gasteiger partial charge on any atom is 0.222 e. The number of anilines is 2. The van der Waals surface area contributed by atoms with Crippen molar-refractivity contribution in [3.8, 4) is 17.5 Å². The fourth-order valence-corrected chi connectivity index (χ4v) is 4.18. The third-order valence-corrected chi connectivity index (χ3v) is 6.29. The van der Waals surface area contributed by atoms with Crippen molar-refractivity contribution in [2.45, 2.75) is 20.3 Å². The van der Waals surface area contributed by atoms with E-state index in [0.717, 1.165) is 5.76 Å². The summed E-state index contributed by atoms with van der Waals surface area (Å²) in [4.78, 5) is 4.53. The second-order valence-corrected chi connectivity index (χ2v) is 10.6. The summed E-state index contributed by atoms with van der Waals surface area (Å²) in [6.07, 6.45) is 0.525. The van der Waals surface area contributed by atoms with Gasteiger partial charge in [-0.25, -0.2) is 4.99 Å². The number of phenolic OH excluding ortho intramolecular Hbond substituents is 1. The van der Waals surface area contributed by atoms with Gasteiger partial charge in [0.05, 0.1) is 16.7 Å². The number of hydrogen-bond donors (Lipinski definition) is 4. The molecule has 8 nitrogen and oxygen atoms in total. The summed E-state index contributed by atoms with van der Waals surface area (Å²) in [6.45, 7) is 6.85. The van der Waals surface area contributed by atoms with Crippen LogP contribution >= 0.6 is 7.14 Å². The zero-order valence-corrected chi connectivity index (χ0v) is 18.5. The summed E-state index contributed by atoms with van der Waals surface area (Å²) in [5, 5.41) is 35.0. The topological polar surface area (TPSA) is 120 Å². The second kappa shape index (κ2) is 7.95. The van der Waals surface area contributed by atoms with E-state index in [1.165, 1.54) is 11.6 Å². The SMILES string of the molecule is CCC(=Nc1c(Nc2cccc(P(C)(C)=O)c2O)c(O)n(C)c1O)c1ccc(C)o1. The van der Waals surface area contributed by atoms with Crippen LogP contribution in [0, 0.1) is 6.92 Å². The minimum atomic E-state index is -2.73. The highest BCUT2D eigenvalue weighted by Gasteiger charge is 2.24. The Morgan fingerprint density at radius 2 is 1.87 bits per heavy atom. The molecular formula is C21H26N3O5P. The van der Waals surface area contributed by atoms with Gasteiger partial charge in [0.2, 0.25) is 11.8 Å². The van der Waals surface area contributed by atoms with Gasteiger partial charge in [-0.2, -0.15) is 0 Å². The number of aromatic nitrogens is 1. The molecule has 4 N–H and O–H groups in total. The Hall–Kier alpha value is -3.12. The highest BCUT2D eigenvalue weighted by molar-refractivity contribution is 7.70. The first-order valence-electron chi connectivity index (χ1n) is 9.44. The first-order chi connectivity index (χ1) is 14.0. The molecule has 3 aromatic rings.